The fourth-order valence-electron chi connectivity index (χ4n) is 4.09. The maximum absolute atomic E-state index is 4.75. The summed E-state index contributed by atoms with van der Waals surface area (Å²) in [6, 6.07) is 10.9. The number of aromatic nitrogens is 2. The van der Waals surface area contributed by atoms with Gasteiger partial charge in [-0.1, -0.05) is 45.9 Å². The number of benzene rings is 1. The number of pyridine rings is 1. The van der Waals surface area contributed by atoms with Crippen LogP contribution in [0.5, 0.6) is 0 Å². The molecule has 0 radical (unpaired) electrons. The molecule has 0 unspecified atom stereocenters. The summed E-state index contributed by atoms with van der Waals surface area (Å²) in [5.74, 6) is 0.597. The van der Waals surface area contributed by atoms with Crippen LogP contribution in [0.4, 0.5) is 0 Å². The van der Waals surface area contributed by atoms with Gasteiger partial charge in [0.15, 0.2) is 0 Å². The van der Waals surface area contributed by atoms with Crippen molar-refractivity contribution in [1.29, 1.82) is 0 Å². The van der Waals surface area contributed by atoms with E-state index in [1.165, 1.54) is 41.2 Å². The fraction of sp³-hybridized carbons (Fsp3) is 0.542. The first-order chi connectivity index (χ1) is 13.7. The predicted molar refractivity (Wildman–Crippen MR) is 150 cm³/mol. The molecule has 0 atom stereocenters. The molecule has 32 heavy (non-hydrogen) atoms. The Morgan fingerprint density at radius 3 is 2.28 bits per heavy atom. The second-order valence-corrected chi connectivity index (χ2v) is 8.09. The lowest BCUT2D eigenvalue weighted by atomic mass is 10.1. The molecule has 0 fully saturated rings. The summed E-state index contributed by atoms with van der Waals surface area (Å²) in [5.41, 5.74) is 3.78. The van der Waals surface area contributed by atoms with Crippen molar-refractivity contribution in [3.05, 3.63) is 42.2 Å². The summed E-state index contributed by atoms with van der Waals surface area (Å²) in [6.45, 7) is 15.4. The van der Waals surface area contributed by atoms with Crippen LogP contribution in [0.1, 0.15) is 46.2 Å². The maximum Gasteiger partial charge on any atom is 0.0784 e. The van der Waals surface area contributed by atoms with E-state index < -0.39 is 0 Å². The highest BCUT2D eigenvalue weighted by Crippen LogP contribution is 2.31. The zero-order chi connectivity index (χ0) is 19.9. The molecule has 0 saturated carbocycles. The van der Waals surface area contributed by atoms with Crippen molar-refractivity contribution in [2.24, 2.45) is 5.92 Å². The van der Waals surface area contributed by atoms with E-state index in [1.807, 2.05) is 6.20 Å². The van der Waals surface area contributed by atoms with Gasteiger partial charge in [-0.05, 0) is 57.1 Å². The van der Waals surface area contributed by atoms with Crippen LogP contribution in [-0.4, -0.2) is 40.6 Å². The molecule has 4 nitrogen and oxygen atoms in total. The molecule has 2 aromatic heterocycles. The molecule has 3 aromatic rings. The van der Waals surface area contributed by atoms with Crippen LogP contribution in [0.2, 0.25) is 0 Å². The van der Waals surface area contributed by atoms with Crippen molar-refractivity contribution in [3.8, 4) is 0 Å². The summed E-state index contributed by atoms with van der Waals surface area (Å²) in [4.78, 5) is 7.24. The van der Waals surface area contributed by atoms with E-state index in [0.717, 1.165) is 38.4 Å². The highest BCUT2D eigenvalue weighted by Gasteiger charge is 2.15. The number of halogens is 4. The van der Waals surface area contributed by atoms with Gasteiger partial charge in [-0.25, -0.2) is 0 Å². The van der Waals surface area contributed by atoms with Crippen molar-refractivity contribution >= 4 is 71.4 Å². The molecule has 3 rings (SSSR count). The van der Waals surface area contributed by atoms with E-state index >= 15 is 0 Å². The minimum Gasteiger partial charge on any atom is -0.339 e. The van der Waals surface area contributed by atoms with Crippen molar-refractivity contribution < 1.29 is 0 Å². The second-order valence-electron chi connectivity index (χ2n) is 8.09. The van der Waals surface area contributed by atoms with Gasteiger partial charge in [-0.15, -0.1) is 49.6 Å². The van der Waals surface area contributed by atoms with Crippen LogP contribution in [0.15, 0.2) is 36.5 Å². The lowest BCUT2D eigenvalue weighted by Gasteiger charge is -2.17. The average Bonchev–Trinajstić information content (AvgIpc) is 3.02. The first-order valence-electron chi connectivity index (χ1n) is 10.9. The Morgan fingerprint density at radius 2 is 1.62 bits per heavy atom. The molecule has 184 valence electrons. The predicted octanol–water partition coefficient (Wildman–Crippen LogP) is 6.74. The number of hydrogen-bond donors (Lipinski definition) is 1. The molecule has 0 amide bonds. The molecule has 1 aromatic carbocycles. The van der Waals surface area contributed by atoms with Gasteiger partial charge in [0.05, 0.1) is 11.2 Å². The summed E-state index contributed by atoms with van der Waals surface area (Å²) in [6.07, 6.45) is 4.42. The molecule has 2 heterocycles. The molecule has 0 aliphatic heterocycles. The number of fused-ring (bicyclic) bond motifs is 3. The van der Waals surface area contributed by atoms with Crippen LogP contribution in [0.3, 0.4) is 0 Å². The number of hydrogen-bond acceptors (Lipinski definition) is 3. The lowest BCUT2D eigenvalue weighted by Crippen LogP contribution is -2.25. The van der Waals surface area contributed by atoms with E-state index in [9.17, 15) is 0 Å². The molecule has 0 aliphatic rings. The minimum absolute atomic E-state index is 0. The van der Waals surface area contributed by atoms with Gasteiger partial charge < -0.3 is 14.8 Å². The highest BCUT2D eigenvalue weighted by molar-refractivity contribution is 6.08. The Labute approximate surface area is 218 Å². The Bertz CT molecular complexity index is 894. The van der Waals surface area contributed by atoms with Crippen LogP contribution < -0.4 is 5.32 Å². The van der Waals surface area contributed by atoms with Gasteiger partial charge in [0.2, 0.25) is 0 Å². The topological polar surface area (TPSA) is 33.1 Å². The summed E-state index contributed by atoms with van der Waals surface area (Å²) in [7, 11) is 0. The minimum atomic E-state index is 0. The van der Waals surface area contributed by atoms with Crippen LogP contribution >= 0.6 is 49.6 Å². The number of rotatable bonds is 11. The fourth-order valence-corrected chi connectivity index (χ4v) is 4.09. The third kappa shape index (κ3) is 8.23. The van der Waals surface area contributed by atoms with Gasteiger partial charge in [0, 0.05) is 35.6 Å². The Morgan fingerprint density at radius 1 is 0.938 bits per heavy atom. The molecular formula is C24H40Cl4N4. The van der Waals surface area contributed by atoms with Crippen LogP contribution in [0, 0.1) is 5.92 Å². The maximum atomic E-state index is 4.75. The zero-order valence-corrected chi connectivity index (χ0v) is 22.9. The van der Waals surface area contributed by atoms with Gasteiger partial charge in [0.25, 0.3) is 0 Å². The Hall–Kier alpha value is -0.750. The van der Waals surface area contributed by atoms with Gasteiger partial charge >= 0.3 is 0 Å². The molecular weight excluding hydrogens is 486 g/mol. The van der Waals surface area contributed by atoms with Crippen molar-refractivity contribution in [2.45, 2.75) is 53.6 Å². The molecule has 0 aliphatic carbocycles. The second kappa shape index (κ2) is 16.8. The molecule has 0 bridgehead atoms. The molecule has 8 heteroatoms. The van der Waals surface area contributed by atoms with Gasteiger partial charge in [0.1, 0.15) is 0 Å². The number of nitrogens with zero attached hydrogens (tertiary/aromatic N) is 3. The van der Waals surface area contributed by atoms with E-state index in [0.29, 0.717) is 5.92 Å². The largest absolute Gasteiger partial charge is 0.339 e. The Kier molecular flexibility index (Phi) is 17.5. The summed E-state index contributed by atoms with van der Waals surface area (Å²) >= 11 is 0. The molecule has 0 spiro atoms. The van der Waals surface area contributed by atoms with Crippen molar-refractivity contribution in [3.63, 3.8) is 0 Å². The lowest BCUT2D eigenvalue weighted by molar-refractivity contribution is 0.296. The normalized spacial score (nSPS) is 10.6. The highest BCUT2D eigenvalue weighted by atomic mass is 35.5. The van der Waals surface area contributed by atoms with E-state index in [-0.39, 0.29) is 49.6 Å². The van der Waals surface area contributed by atoms with Crippen molar-refractivity contribution in [2.75, 3.05) is 26.2 Å². The van der Waals surface area contributed by atoms with Gasteiger partial charge in [-0.2, -0.15) is 0 Å². The quantitative estimate of drug-likeness (QED) is 0.281. The summed E-state index contributed by atoms with van der Waals surface area (Å²) < 4.78 is 2.47. The molecule has 0 saturated heterocycles. The number of unbranched alkanes of at least 4 members (excludes halogenated alkanes) is 1. The first-order valence-corrected chi connectivity index (χ1v) is 10.9. The van der Waals surface area contributed by atoms with Crippen LogP contribution in [0.25, 0.3) is 21.8 Å². The smallest absolute Gasteiger partial charge is 0.0784 e. The van der Waals surface area contributed by atoms with E-state index in [2.05, 4.69) is 72.8 Å². The van der Waals surface area contributed by atoms with Gasteiger partial charge in [-0.3, -0.25) is 4.98 Å². The van der Waals surface area contributed by atoms with E-state index in [4.69, 9.17) is 4.98 Å². The van der Waals surface area contributed by atoms with Crippen LogP contribution in [-0.2, 0) is 13.1 Å². The number of para-hydroxylation sites is 1. The summed E-state index contributed by atoms with van der Waals surface area (Å²) in [5, 5.41) is 6.29. The zero-order valence-electron chi connectivity index (χ0n) is 19.7. The standard InChI is InChI=1S/C24H36N4.4ClH/c1-5-27(6-2)16-10-9-14-25-17-22-24-21(13-15-26-22)20-11-7-8-12-23(20)28(24)18-19(3)4;;;;/h7-8,11-13,15,19,25H,5-6,9-10,14,16-18H2,1-4H3;4*1H. The first kappa shape index (κ1) is 33.4. The third-order valence-corrected chi connectivity index (χ3v) is 5.57. The van der Waals surface area contributed by atoms with E-state index in [1.54, 1.807) is 0 Å². The SMILES string of the molecule is CCN(CC)CCCCNCc1nccc2c3ccccc3n(CC(C)C)c12.Cl.Cl.Cl.Cl. The Balaban J connectivity index is 0. The number of nitrogens with one attached hydrogen (secondary N) is 1. The average molecular weight is 526 g/mol. The monoisotopic (exact) mass is 524 g/mol. The molecule has 1 N–H and O–H groups in total. The van der Waals surface area contributed by atoms with Crippen molar-refractivity contribution in [1.82, 2.24) is 19.8 Å². The third-order valence-electron chi connectivity index (χ3n) is 5.57.